The number of aryl methyl sites for hydroxylation is 1. The van der Waals surface area contributed by atoms with E-state index in [0.29, 0.717) is 16.7 Å². The highest BCUT2D eigenvalue weighted by atomic mass is 32.2. The van der Waals surface area contributed by atoms with Crippen LogP contribution >= 0.6 is 11.8 Å². The number of hydrogen-bond acceptors (Lipinski definition) is 6. The molecule has 0 amide bonds. The number of carbonyl (C=O) groups is 1. The minimum atomic E-state index is -1.08. The van der Waals surface area contributed by atoms with Crippen LogP contribution < -0.4 is 0 Å². The van der Waals surface area contributed by atoms with Crippen molar-refractivity contribution < 1.29 is 14.3 Å². The van der Waals surface area contributed by atoms with Gasteiger partial charge in [0.25, 0.3) is 0 Å². The first-order chi connectivity index (χ1) is 7.65. The van der Waals surface area contributed by atoms with Gasteiger partial charge in [0.15, 0.2) is 10.9 Å². The molecule has 1 N–H and O–H groups in total. The van der Waals surface area contributed by atoms with Crippen molar-refractivity contribution in [3.05, 3.63) is 23.7 Å². The first-order valence-electron chi connectivity index (χ1n) is 4.34. The predicted octanol–water partition coefficient (Wildman–Crippen LogP) is 0.794. The van der Waals surface area contributed by atoms with Gasteiger partial charge >= 0.3 is 5.97 Å². The van der Waals surface area contributed by atoms with E-state index in [1.807, 2.05) is 0 Å². The maximum absolute atomic E-state index is 10.6. The van der Waals surface area contributed by atoms with Crippen LogP contribution in [0.2, 0.25) is 0 Å². The van der Waals surface area contributed by atoms with Gasteiger partial charge in [-0.15, -0.1) is 10.2 Å². The van der Waals surface area contributed by atoms with Gasteiger partial charge in [0.2, 0.25) is 5.76 Å². The second kappa shape index (κ2) is 4.35. The second-order valence-corrected chi connectivity index (χ2v) is 3.89. The zero-order valence-electron chi connectivity index (χ0n) is 8.32. The Balaban J connectivity index is 1.97. The van der Waals surface area contributed by atoms with Crippen molar-refractivity contribution >= 4 is 17.7 Å². The third-order valence-electron chi connectivity index (χ3n) is 1.69. The average molecular weight is 240 g/mol. The summed E-state index contributed by atoms with van der Waals surface area (Å²) in [6.45, 7) is 0. The van der Waals surface area contributed by atoms with Crippen molar-refractivity contribution in [1.82, 2.24) is 20.2 Å². The quantitative estimate of drug-likeness (QED) is 0.789. The Kier molecular flexibility index (Phi) is 2.91. The molecule has 0 spiro atoms. The number of nitrogens with zero attached hydrogens (tertiary/aromatic N) is 4. The molecule has 0 aromatic carbocycles. The van der Waals surface area contributed by atoms with Crippen molar-refractivity contribution in [1.29, 1.82) is 0 Å². The normalized spacial score (nSPS) is 10.6. The first kappa shape index (κ1) is 10.7. The first-order valence-corrected chi connectivity index (χ1v) is 5.32. The zero-order chi connectivity index (χ0) is 11.5. The van der Waals surface area contributed by atoms with Crippen molar-refractivity contribution in [2.24, 2.45) is 7.05 Å². The van der Waals surface area contributed by atoms with Gasteiger partial charge < -0.3 is 9.52 Å². The molecule has 0 aliphatic rings. The Hall–Kier alpha value is -1.83. The Morgan fingerprint density at radius 2 is 2.44 bits per heavy atom. The SMILES string of the molecule is Cn1nnc(CSc2ccc(C(=O)O)o2)n1. The highest BCUT2D eigenvalue weighted by Crippen LogP contribution is 2.23. The van der Waals surface area contributed by atoms with Crippen LogP contribution in [-0.2, 0) is 12.8 Å². The number of tetrazole rings is 1. The van der Waals surface area contributed by atoms with E-state index in [4.69, 9.17) is 9.52 Å². The highest BCUT2D eigenvalue weighted by molar-refractivity contribution is 7.98. The van der Waals surface area contributed by atoms with Gasteiger partial charge in [0, 0.05) is 0 Å². The molecule has 7 nitrogen and oxygen atoms in total. The van der Waals surface area contributed by atoms with Crippen LogP contribution in [0.5, 0.6) is 0 Å². The van der Waals surface area contributed by atoms with Crippen LogP contribution in [0, 0.1) is 0 Å². The van der Waals surface area contributed by atoms with E-state index in [9.17, 15) is 4.79 Å². The number of carboxylic acids is 1. The number of aromatic nitrogens is 4. The summed E-state index contributed by atoms with van der Waals surface area (Å²) in [6, 6.07) is 3.01. The summed E-state index contributed by atoms with van der Waals surface area (Å²) in [5, 5.41) is 20.6. The van der Waals surface area contributed by atoms with Crippen molar-refractivity contribution in [3.8, 4) is 0 Å². The third kappa shape index (κ3) is 2.40. The van der Waals surface area contributed by atoms with E-state index in [2.05, 4.69) is 15.4 Å². The van der Waals surface area contributed by atoms with Gasteiger partial charge in [-0.25, -0.2) is 4.79 Å². The van der Waals surface area contributed by atoms with Crippen LogP contribution in [0.15, 0.2) is 21.6 Å². The third-order valence-corrected chi connectivity index (χ3v) is 2.59. The summed E-state index contributed by atoms with van der Waals surface area (Å²) in [4.78, 5) is 11.9. The van der Waals surface area contributed by atoms with Crippen LogP contribution in [0.25, 0.3) is 0 Å². The summed E-state index contributed by atoms with van der Waals surface area (Å²) in [5.41, 5.74) is 0. The summed E-state index contributed by atoms with van der Waals surface area (Å²) >= 11 is 1.32. The molecule has 0 aliphatic heterocycles. The molecule has 0 radical (unpaired) electrons. The lowest BCUT2D eigenvalue weighted by Gasteiger charge is -1.91. The highest BCUT2D eigenvalue weighted by Gasteiger charge is 2.10. The molecule has 16 heavy (non-hydrogen) atoms. The van der Waals surface area contributed by atoms with Crippen LogP contribution in [0.1, 0.15) is 16.4 Å². The molecular weight excluding hydrogens is 232 g/mol. The maximum atomic E-state index is 10.6. The summed E-state index contributed by atoms with van der Waals surface area (Å²) in [6.07, 6.45) is 0. The van der Waals surface area contributed by atoms with E-state index >= 15 is 0 Å². The average Bonchev–Trinajstić information content (AvgIpc) is 2.83. The standard InChI is InChI=1S/C8H8N4O3S/c1-12-10-6(9-11-12)4-16-7-3-2-5(15-7)8(13)14/h2-3H,4H2,1H3,(H,13,14). The molecule has 2 heterocycles. The molecule has 0 aliphatic carbocycles. The Labute approximate surface area is 94.4 Å². The van der Waals surface area contributed by atoms with Crippen molar-refractivity contribution in [2.75, 3.05) is 0 Å². The van der Waals surface area contributed by atoms with Crippen LogP contribution in [0.4, 0.5) is 0 Å². The Morgan fingerprint density at radius 3 is 3.00 bits per heavy atom. The van der Waals surface area contributed by atoms with Gasteiger partial charge in [-0.05, 0) is 17.3 Å². The minimum absolute atomic E-state index is 0.0744. The molecule has 0 unspecified atom stereocenters. The van der Waals surface area contributed by atoms with Crippen LogP contribution in [0.3, 0.4) is 0 Å². The van der Waals surface area contributed by atoms with E-state index in [1.54, 1.807) is 13.1 Å². The van der Waals surface area contributed by atoms with Crippen molar-refractivity contribution in [3.63, 3.8) is 0 Å². The topological polar surface area (TPSA) is 94.0 Å². The lowest BCUT2D eigenvalue weighted by atomic mass is 10.5. The molecule has 0 saturated carbocycles. The van der Waals surface area contributed by atoms with Gasteiger partial charge in [-0.3, -0.25) is 0 Å². The summed E-state index contributed by atoms with van der Waals surface area (Å²) in [5.74, 6) is -0.0969. The van der Waals surface area contributed by atoms with Crippen molar-refractivity contribution in [2.45, 2.75) is 10.8 Å². The maximum Gasteiger partial charge on any atom is 0.371 e. The smallest absolute Gasteiger partial charge is 0.371 e. The fourth-order valence-corrected chi connectivity index (χ4v) is 1.73. The molecule has 8 heteroatoms. The number of rotatable bonds is 4. The number of aromatic carboxylic acids is 1. The number of carboxylic acid groups (broad SMARTS) is 1. The summed E-state index contributed by atoms with van der Waals surface area (Å²) in [7, 11) is 1.68. The number of furan rings is 1. The molecule has 0 bridgehead atoms. The van der Waals surface area contributed by atoms with Gasteiger partial charge in [0.1, 0.15) is 0 Å². The fraction of sp³-hybridized carbons (Fsp3) is 0.250. The number of thioether (sulfide) groups is 1. The van der Waals surface area contributed by atoms with E-state index < -0.39 is 5.97 Å². The molecule has 0 fully saturated rings. The fourth-order valence-electron chi connectivity index (χ4n) is 1.03. The van der Waals surface area contributed by atoms with E-state index in [0.717, 1.165) is 0 Å². The van der Waals surface area contributed by atoms with E-state index in [-0.39, 0.29) is 5.76 Å². The lowest BCUT2D eigenvalue weighted by molar-refractivity contribution is 0.0656. The largest absolute Gasteiger partial charge is 0.475 e. The van der Waals surface area contributed by atoms with Gasteiger partial charge in [-0.2, -0.15) is 4.80 Å². The monoisotopic (exact) mass is 240 g/mol. The number of hydrogen-bond donors (Lipinski definition) is 1. The van der Waals surface area contributed by atoms with Gasteiger partial charge in [-0.1, -0.05) is 11.8 Å². The molecule has 2 aromatic rings. The van der Waals surface area contributed by atoms with Gasteiger partial charge in [0.05, 0.1) is 12.8 Å². The molecule has 0 saturated heterocycles. The Bertz CT molecular complexity index is 507. The zero-order valence-corrected chi connectivity index (χ0v) is 9.14. The molecular formula is C8H8N4O3S. The Morgan fingerprint density at radius 1 is 1.62 bits per heavy atom. The van der Waals surface area contributed by atoms with Crippen LogP contribution in [-0.4, -0.2) is 31.3 Å². The second-order valence-electron chi connectivity index (χ2n) is 2.91. The molecule has 2 rings (SSSR count). The summed E-state index contributed by atoms with van der Waals surface area (Å²) < 4.78 is 5.05. The minimum Gasteiger partial charge on any atom is -0.475 e. The van der Waals surface area contributed by atoms with E-state index in [1.165, 1.54) is 22.6 Å². The predicted molar refractivity (Wildman–Crippen MR) is 54.0 cm³/mol. The molecule has 0 atom stereocenters. The lowest BCUT2D eigenvalue weighted by Crippen LogP contribution is -1.92. The molecule has 84 valence electrons. The molecule has 2 aromatic heterocycles.